The second-order valence-corrected chi connectivity index (χ2v) is 12.1. The van der Waals surface area contributed by atoms with E-state index in [9.17, 15) is 4.79 Å². The van der Waals surface area contributed by atoms with Gasteiger partial charge in [-0.2, -0.15) is 0 Å². The molecule has 5 aromatic rings. The Morgan fingerprint density at radius 2 is 1.49 bits per heavy atom. The minimum absolute atomic E-state index is 0.00309. The highest BCUT2D eigenvalue weighted by Crippen LogP contribution is 2.41. The Hall–Kier alpha value is -4.13. The lowest BCUT2D eigenvalue weighted by molar-refractivity contribution is 0.104. The molecule has 0 aliphatic carbocycles. The molecule has 1 fully saturated rings. The van der Waals surface area contributed by atoms with Crippen molar-refractivity contribution in [2.75, 3.05) is 40.5 Å². The van der Waals surface area contributed by atoms with Gasteiger partial charge in [-0.15, -0.1) is 11.3 Å². The molecule has 6 rings (SSSR count). The zero-order valence-electron chi connectivity index (χ0n) is 24.8. The maximum Gasteiger partial charge on any atom is 0.195 e. The van der Waals surface area contributed by atoms with Gasteiger partial charge in [-0.05, 0) is 116 Å². The van der Waals surface area contributed by atoms with Crippen molar-refractivity contribution in [1.82, 2.24) is 4.90 Å². The van der Waals surface area contributed by atoms with Gasteiger partial charge in [-0.3, -0.25) is 4.79 Å². The predicted octanol–water partition coefficient (Wildman–Crippen LogP) is 8.15. The molecular weight excluding hydrogens is 554 g/mol. The molecule has 0 N–H and O–H groups in total. The van der Waals surface area contributed by atoms with Crippen LogP contribution in [0.5, 0.6) is 17.2 Å². The number of nitrogens with zero attached hydrogens (tertiary/aromatic N) is 1. The molecule has 0 spiro atoms. The van der Waals surface area contributed by atoms with E-state index in [1.54, 1.807) is 25.6 Å². The molecule has 6 heteroatoms. The van der Waals surface area contributed by atoms with Crippen LogP contribution in [0, 0.1) is 5.92 Å². The van der Waals surface area contributed by atoms with Crippen LogP contribution < -0.4 is 14.2 Å². The molecule has 1 saturated heterocycles. The number of hydrogen-bond acceptors (Lipinski definition) is 6. The number of hydrogen-bond donors (Lipinski definition) is 0. The second kappa shape index (κ2) is 13.4. The molecule has 1 aromatic heterocycles. The zero-order valence-corrected chi connectivity index (χ0v) is 25.6. The molecule has 0 unspecified atom stereocenters. The Morgan fingerprint density at radius 1 is 0.814 bits per heavy atom. The van der Waals surface area contributed by atoms with E-state index in [1.165, 1.54) is 5.56 Å². The zero-order chi connectivity index (χ0) is 29.6. The summed E-state index contributed by atoms with van der Waals surface area (Å²) in [4.78, 5) is 17.5. The number of carbonyl (C=O) groups excluding carboxylic acids is 1. The van der Waals surface area contributed by atoms with Gasteiger partial charge in [0, 0.05) is 32.6 Å². The van der Waals surface area contributed by atoms with Crippen molar-refractivity contribution in [3.8, 4) is 27.7 Å². The fourth-order valence-corrected chi connectivity index (χ4v) is 6.98. The molecule has 220 valence electrons. The minimum atomic E-state index is -0.00309. The van der Waals surface area contributed by atoms with Crippen LogP contribution in [-0.2, 0) is 6.42 Å². The summed E-state index contributed by atoms with van der Waals surface area (Å²) >= 11 is 1.60. The van der Waals surface area contributed by atoms with Crippen molar-refractivity contribution in [1.29, 1.82) is 0 Å². The highest BCUT2D eigenvalue weighted by molar-refractivity contribution is 7.22. The smallest absolute Gasteiger partial charge is 0.195 e. The van der Waals surface area contributed by atoms with Crippen LogP contribution in [0.1, 0.15) is 34.3 Å². The molecule has 5 nitrogen and oxygen atoms in total. The molecule has 1 aliphatic rings. The van der Waals surface area contributed by atoms with Gasteiger partial charge in [0.1, 0.15) is 17.2 Å². The summed E-state index contributed by atoms with van der Waals surface area (Å²) < 4.78 is 18.0. The number of piperidine rings is 1. The summed E-state index contributed by atoms with van der Waals surface area (Å²) in [5, 5.41) is 0.928. The molecule has 1 aliphatic heterocycles. The summed E-state index contributed by atoms with van der Waals surface area (Å²) in [6, 6.07) is 32.1. The fourth-order valence-electron chi connectivity index (χ4n) is 5.74. The third kappa shape index (κ3) is 6.76. The van der Waals surface area contributed by atoms with Gasteiger partial charge in [-0.1, -0.05) is 30.3 Å². The Bertz CT molecular complexity index is 1650. The first-order valence-corrected chi connectivity index (χ1v) is 15.7. The van der Waals surface area contributed by atoms with E-state index in [0.29, 0.717) is 23.7 Å². The van der Waals surface area contributed by atoms with E-state index < -0.39 is 0 Å². The first kappa shape index (κ1) is 29.0. The van der Waals surface area contributed by atoms with Crippen LogP contribution in [0.15, 0.2) is 97.1 Å². The lowest BCUT2D eigenvalue weighted by Crippen LogP contribution is -2.36. The minimum Gasteiger partial charge on any atom is -0.497 e. The number of ketones is 1. The Morgan fingerprint density at radius 3 is 2.19 bits per heavy atom. The summed E-state index contributed by atoms with van der Waals surface area (Å²) in [5.74, 6) is 2.91. The topological polar surface area (TPSA) is 48.0 Å². The third-order valence-corrected chi connectivity index (χ3v) is 9.55. The first-order valence-electron chi connectivity index (χ1n) is 14.9. The second-order valence-electron chi connectivity index (χ2n) is 11.1. The van der Waals surface area contributed by atoms with E-state index in [2.05, 4.69) is 35.2 Å². The van der Waals surface area contributed by atoms with Crippen LogP contribution in [0.3, 0.4) is 0 Å². The lowest BCUT2D eigenvalue weighted by atomic mass is 9.97. The number of benzene rings is 4. The molecule has 43 heavy (non-hydrogen) atoms. The summed E-state index contributed by atoms with van der Waals surface area (Å²) in [7, 11) is 3.31. The van der Waals surface area contributed by atoms with E-state index >= 15 is 0 Å². The van der Waals surface area contributed by atoms with Crippen molar-refractivity contribution in [3.63, 3.8) is 0 Å². The van der Waals surface area contributed by atoms with Gasteiger partial charge in [0.15, 0.2) is 5.78 Å². The number of ether oxygens (including phenoxy) is 3. The lowest BCUT2D eigenvalue weighted by Gasteiger charge is -2.31. The quantitative estimate of drug-likeness (QED) is 0.145. The standard InChI is InChI=1S/C37H37NO4S/c1-40-30-12-10-29(11-13-30)37-35(33-17-16-32(41-2)24-34(33)43-37)36(39)28-8-14-31(15-9-28)42-25-27-19-22-38(23-20-27)21-18-26-6-4-3-5-7-26/h3-17,24,27H,18-23,25H2,1-2H3. The SMILES string of the molecule is COc1ccc(-c2sc3cc(OC)ccc3c2C(=O)c2ccc(OCC3CCN(CCc4ccccc4)CC3)cc2)cc1. The summed E-state index contributed by atoms with van der Waals surface area (Å²) in [6.07, 6.45) is 3.40. The van der Waals surface area contributed by atoms with Gasteiger partial charge in [-0.25, -0.2) is 0 Å². The molecule has 0 bridgehead atoms. The van der Waals surface area contributed by atoms with Crippen molar-refractivity contribution in [2.45, 2.75) is 19.3 Å². The highest BCUT2D eigenvalue weighted by Gasteiger charge is 2.23. The Balaban J connectivity index is 1.11. The van der Waals surface area contributed by atoms with Crippen LogP contribution in [0.2, 0.25) is 0 Å². The van der Waals surface area contributed by atoms with Gasteiger partial charge < -0.3 is 19.1 Å². The maximum atomic E-state index is 14.0. The van der Waals surface area contributed by atoms with E-state index in [4.69, 9.17) is 14.2 Å². The molecule has 0 atom stereocenters. The average Bonchev–Trinajstić information content (AvgIpc) is 3.46. The van der Waals surface area contributed by atoms with Crippen molar-refractivity contribution in [3.05, 3.63) is 114 Å². The summed E-state index contributed by atoms with van der Waals surface area (Å²) in [5.41, 5.74) is 3.74. The summed E-state index contributed by atoms with van der Waals surface area (Å²) in [6.45, 7) is 4.05. The largest absolute Gasteiger partial charge is 0.497 e. The number of fused-ring (bicyclic) bond motifs is 1. The van der Waals surface area contributed by atoms with Crippen LogP contribution >= 0.6 is 11.3 Å². The Kier molecular flexibility index (Phi) is 9.06. The molecule has 2 heterocycles. The van der Waals surface area contributed by atoms with E-state index in [0.717, 1.165) is 76.7 Å². The Labute approximate surface area is 257 Å². The molecule has 0 radical (unpaired) electrons. The monoisotopic (exact) mass is 591 g/mol. The van der Waals surface area contributed by atoms with Crippen molar-refractivity contribution < 1.29 is 19.0 Å². The van der Waals surface area contributed by atoms with Gasteiger partial charge in [0.2, 0.25) is 0 Å². The van der Waals surface area contributed by atoms with Gasteiger partial charge >= 0.3 is 0 Å². The van der Waals surface area contributed by atoms with E-state index in [-0.39, 0.29) is 5.78 Å². The maximum absolute atomic E-state index is 14.0. The van der Waals surface area contributed by atoms with Crippen LogP contribution in [-0.4, -0.2) is 51.1 Å². The first-order chi connectivity index (χ1) is 21.1. The average molecular weight is 592 g/mol. The third-order valence-electron chi connectivity index (χ3n) is 8.35. The van der Waals surface area contributed by atoms with Crippen molar-refractivity contribution in [2.24, 2.45) is 5.92 Å². The van der Waals surface area contributed by atoms with Crippen LogP contribution in [0.25, 0.3) is 20.5 Å². The number of carbonyl (C=O) groups is 1. The number of rotatable bonds is 11. The van der Waals surface area contributed by atoms with Gasteiger partial charge in [0.25, 0.3) is 0 Å². The fraction of sp³-hybridized carbons (Fsp3) is 0.270. The molecule has 4 aromatic carbocycles. The number of thiophene rings is 1. The highest BCUT2D eigenvalue weighted by atomic mass is 32.1. The van der Waals surface area contributed by atoms with E-state index in [1.807, 2.05) is 66.7 Å². The normalized spacial score (nSPS) is 14.1. The molecule has 0 saturated carbocycles. The molecule has 0 amide bonds. The number of likely N-dealkylation sites (tertiary alicyclic amines) is 1. The van der Waals surface area contributed by atoms with Crippen LogP contribution in [0.4, 0.5) is 0 Å². The predicted molar refractivity (Wildman–Crippen MR) is 175 cm³/mol. The molecular formula is C37H37NO4S. The number of methoxy groups -OCH3 is 2. The van der Waals surface area contributed by atoms with Crippen molar-refractivity contribution >= 4 is 27.2 Å². The van der Waals surface area contributed by atoms with Gasteiger partial charge in [0.05, 0.1) is 20.8 Å².